The fraction of sp³-hybridized carbons (Fsp3) is 0.368. The lowest BCUT2D eigenvalue weighted by Gasteiger charge is -2.13. The molecule has 25 heavy (non-hydrogen) atoms. The van der Waals surface area contributed by atoms with Crippen LogP contribution in [0.25, 0.3) is 11.0 Å². The second-order valence-electron chi connectivity index (χ2n) is 6.72. The maximum atomic E-state index is 10.0. The van der Waals surface area contributed by atoms with Crippen molar-refractivity contribution in [2.24, 2.45) is 5.92 Å². The molecule has 1 N–H and O–H groups in total. The van der Waals surface area contributed by atoms with Gasteiger partial charge in [-0.1, -0.05) is 30.7 Å². The molecule has 0 unspecified atom stereocenters. The highest BCUT2D eigenvalue weighted by Crippen LogP contribution is 2.37. The van der Waals surface area contributed by atoms with E-state index in [-0.39, 0.29) is 12.1 Å². The summed E-state index contributed by atoms with van der Waals surface area (Å²) in [4.78, 5) is 8.72. The van der Waals surface area contributed by atoms with E-state index in [4.69, 9.17) is 16.3 Å². The van der Waals surface area contributed by atoms with E-state index in [0.29, 0.717) is 23.4 Å². The van der Waals surface area contributed by atoms with Gasteiger partial charge >= 0.3 is 0 Å². The van der Waals surface area contributed by atoms with Gasteiger partial charge in [-0.3, -0.25) is 0 Å². The first-order valence-corrected chi connectivity index (χ1v) is 8.86. The normalized spacial score (nSPS) is 23.2. The highest BCUT2D eigenvalue weighted by molar-refractivity contribution is 6.30. The quantitative estimate of drug-likeness (QED) is 0.766. The molecule has 0 saturated heterocycles. The van der Waals surface area contributed by atoms with Crippen LogP contribution in [0.15, 0.2) is 42.9 Å². The molecule has 1 fully saturated rings. The Kier molecular flexibility index (Phi) is 4.36. The van der Waals surface area contributed by atoms with Crippen LogP contribution in [0.4, 0.5) is 0 Å². The summed E-state index contributed by atoms with van der Waals surface area (Å²) in [5, 5.41) is 11.6. The van der Waals surface area contributed by atoms with Gasteiger partial charge in [0.1, 0.15) is 18.6 Å². The molecule has 1 aliphatic rings. The van der Waals surface area contributed by atoms with Crippen LogP contribution < -0.4 is 4.74 Å². The average molecular weight is 358 g/mol. The van der Waals surface area contributed by atoms with Gasteiger partial charge in [0.05, 0.1) is 11.5 Å². The fourth-order valence-electron chi connectivity index (χ4n) is 3.51. The predicted molar refractivity (Wildman–Crippen MR) is 96.8 cm³/mol. The van der Waals surface area contributed by atoms with E-state index in [9.17, 15) is 5.11 Å². The molecule has 4 rings (SSSR count). The van der Waals surface area contributed by atoms with E-state index < -0.39 is 0 Å². The summed E-state index contributed by atoms with van der Waals surface area (Å²) >= 11 is 5.91. The largest absolute Gasteiger partial charge is 0.472 e. The highest BCUT2D eigenvalue weighted by atomic mass is 35.5. The number of ether oxygens (including phenoxy) is 1. The Balaban J connectivity index is 1.57. The molecule has 0 amide bonds. The fourth-order valence-corrected chi connectivity index (χ4v) is 3.64. The third-order valence-electron chi connectivity index (χ3n) is 4.97. The number of nitrogens with zero attached hydrogens (tertiary/aromatic N) is 3. The minimum atomic E-state index is -0.245. The van der Waals surface area contributed by atoms with Gasteiger partial charge in [0.2, 0.25) is 5.88 Å². The maximum absolute atomic E-state index is 10.0. The molecule has 1 saturated carbocycles. The number of hydrogen-bond acceptors (Lipinski definition) is 4. The van der Waals surface area contributed by atoms with Gasteiger partial charge in [0, 0.05) is 17.3 Å². The lowest BCUT2D eigenvalue weighted by molar-refractivity contribution is 0.139. The van der Waals surface area contributed by atoms with Crippen molar-refractivity contribution >= 4 is 22.6 Å². The zero-order chi connectivity index (χ0) is 17.4. The van der Waals surface area contributed by atoms with Crippen molar-refractivity contribution in [1.82, 2.24) is 14.5 Å². The van der Waals surface area contributed by atoms with E-state index in [2.05, 4.69) is 21.5 Å². The molecule has 0 bridgehead atoms. The molecule has 3 aromatic rings. The molecule has 0 aliphatic heterocycles. The summed E-state index contributed by atoms with van der Waals surface area (Å²) in [5.74, 6) is 0.884. The standard InChI is InChI=1S/C19H20ClN3O2/c1-12-8-15(9-17(12)24)23-7-6-16-18(23)21-11-22-19(16)25-10-13-2-4-14(20)5-3-13/h2-7,11-12,15,17,24H,8-10H2,1H3/t12-,15+,17-/m0/s1. The van der Waals surface area contributed by atoms with Crippen molar-refractivity contribution < 1.29 is 9.84 Å². The molecule has 3 atom stereocenters. The molecule has 0 spiro atoms. The maximum Gasteiger partial charge on any atom is 0.226 e. The molecule has 2 aromatic heterocycles. The van der Waals surface area contributed by atoms with Crippen LogP contribution in [0.2, 0.25) is 5.02 Å². The second-order valence-corrected chi connectivity index (χ2v) is 7.16. The Morgan fingerprint density at radius 2 is 2.00 bits per heavy atom. The van der Waals surface area contributed by atoms with E-state index in [1.807, 2.05) is 36.5 Å². The Labute approximate surface area is 151 Å². The second kappa shape index (κ2) is 6.65. The number of fused-ring (bicyclic) bond motifs is 1. The minimum absolute atomic E-state index is 0.245. The van der Waals surface area contributed by atoms with Gasteiger partial charge in [0.15, 0.2) is 0 Å². The molecule has 2 heterocycles. The van der Waals surface area contributed by atoms with Crippen molar-refractivity contribution in [3.8, 4) is 5.88 Å². The summed E-state index contributed by atoms with van der Waals surface area (Å²) in [7, 11) is 0. The van der Waals surface area contributed by atoms with Crippen molar-refractivity contribution in [3.63, 3.8) is 0 Å². The zero-order valence-corrected chi connectivity index (χ0v) is 14.7. The number of hydrogen-bond donors (Lipinski definition) is 1. The Hall–Kier alpha value is -2.11. The third kappa shape index (κ3) is 3.22. The van der Waals surface area contributed by atoms with Gasteiger partial charge in [-0.2, -0.15) is 0 Å². The van der Waals surface area contributed by atoms with Crippen LogP contribution >= 0.6 is 11.6 Å². The van der Waals surface area contributed by atoms with Crippen LogP contribution in [0.3, 0.4) is 0 Å². The monoisotopic (exact) mass is 357 g/mol. The Bertz CT molecular complexity index is 868. The molecule has 1 aromatic carbocycles. The minimum Gasteiger partial charge on any atom is -0.472 e. The Morgan fingerprint density at radius 1 is 1.20 bits per heavy atom. The van der Waals surface area contributed by atoms with Crippen LogP contribution in [-0.4, -0.2) is 25.7 Å². The highest BCUT2D eigenvalue weighted by Gasteiger charge is 2.31. The molecule has 1 aliphatic carbocycles. The number of aromatic nitrogens is 3. The van der Waals surface area contributed by atoms with Gasteiger partial charge in [-0.05, 0) is 42.5 Å². The molecular formula is C19H20ClN3O2. The number of rotatable bonds is 4. The molecule has 6 heteroatoms. The van der Waals surface area contributed by atoms with Crippen LogP contribution in [0, 0.1) is 5.92 Å². The average Bonchev–Trinajstić information content (AvgIpc) is 3.18. The zero-order valence-electron chi connectivity index (χ0n) is 14.0. The van der Waals surface area contributed by atoms with E-state index >= 15 is 0 Å². The topological polar surface area (TPSA) is 60.2 Å². The number of halogens is 1. The van der Waals surface area contributed by atoms with E-state index in [1.54, 1.807) is 0 Å². The smallest absolute Gasteiger partial charge is 0.226 e. The van der Waals surface area contributed by atoms with E-state index in [0.717, 1.165) is 29.4 Å². The van der Waals surface area contributed by atoms with Crippen LogP contribution in [0.5, 0.6) is 5.88 Å². The number of aliphatic hydroxyl groups excluding tert-OH is 1. The van der Waals surface area contributed by atoms with Crippen molar-refractivity contribution in [2.75, 3.05) is 0 Å². The number of aliphatic hydroxyl groups is 1. The first-order valence-electron chi connectivity index (χ1n) is 8.48. The molecule has 130 valence electrons. The van der Waals surface area contributed by atoms with Gasteiger partial charge < -0.3 is 14.4 Å². The van der Waals surface area contributed by atoms with Gasteiger partial charge in [-0.25, -0.2) is 9.97 Å². The predicted octanol–water partition coefficient (Wildman–Crippen LogP) is 4.00. The lowest BCUT2D eigenvalue weighted by Crippen LogP contribution is -2.09. The summed E-state index contributed by atoms with van der Waals surface area (Å²) in [6.45, 7) is 2.51. The summed E-state index contributed by atoms with van der Waals surface area (Å²) in [5.41, 5.74) is 1.88. The van der Waals surface area contributed by atoms with Gasteiger partial charge in [0.25, 0.3) is 0 Å². The first kappa shape index (κ1) is 16.4. The lowest BCUT2D eigenvalue weighted by atomic mass is 10.1. The number of benzene rings is 1. The van der Waals surface area contributed by atoms with Gasteiger partial charge in [-0.15, -0.1) is 0 Å². The van der Waals surface area contributed by atoms with Crippen molar-refractivity contribution in [1.29, 1.82) is 0 Å². The molecule has 0 radical (unpaired) electrons. The van der Waals surface area contributed by atoms with Crippen molar-refractivity contribution in [2.45, 2.75) is 38.5 Å². The summed E-state index contributed by atoms with van der Waals surface area (Å²) < 4.78 is 8.04. The molecular weight excluding hydrogens is 338 g/mol. The third-order valence-corrected chi connectivity index (χ3v) is 5.22. The van der Waals surface area contributed by atoms with Crippen LogP contribution in [0.1, 0.15) is 31.4 Å². The molecule has 5 nitrogen and oxygen atoms in total. The van der Waals surface area contributed by atoms with Crippen LogP contribution in [-0.2, 0) is 6.61 Å². The van der Waals surface area contributed by atoms with E-state index in [1.165, 1.54) is 6.33 Å². The summed E-state index contributed by atoms with van der Waals surface area (Å²) in [6, 6.07) is 9.82. The van der Waals surface area contributed by atoms with Crippen molar-refractivity contribution in [3.05, 3.63) is 53.4 Å². The first-order chi connectivity index (χ1) is 12.1. The Morgan fingerprint density at radius 3 is 2.72 bits per heavy atom. The summed E-state index contributed by atoms with van der Waals surface area (Å²) in [6.07, 6.45) is 5.02. The SMILES string of the molecule is C[C@H]1C[C@@H](n2ccc3c(OCc4ccc(Cl)cc4)ncnc32)C[C@@H]1O.